The maximum atomic E-state index is 10.4. The second-order valence-corrected chi connectivity index (χ2v) is 6.81. The molecule has 0 radical (unpaired) electrons. The van der Waals surface area contributed by atoms with Crippen molar-refractivity contribution < 1.29 is 5.11 Å². The van der Waals surface area contributed by atoms with Gasteiger partial charge in [-0.25, -0.2) is 0 Å². The summed E-state index contributed by atoms with van der Waals surface area (Å²) in [5, 5.41) is 12.5. The summed E-state index contributed by atoms with van der Waals surface area (Å²) in [6, 6.07) is 12.9. The van der Waals surface area contributed by atoms with Crippen LogP contribution in [0.4, 0.5) is 0 Å². The van der Waals surface area contributed by atoms with Crippen LogP contribution in [0.5, 0.6) is 0 Å². The van der Waals surface area contributed by atoms with Gasteiger partial charge in [-0.1, -0.05) is 30.3 Å². The average molecular weight is 303 g/mol. The highest BCUT2D eigenvalue weighted by atomic mass is 32.1. The molecule has 0 aliphatic carbocycles. The molecule has 0 aliphatic rings. The first-order valence-electron chi connectivity index (χ1n) is 7.54. The number of hydrogen-bond donors (Lipinski definition) is 1. The molecular weight excluding hydrogens is 278 g/mol. The number of likely N-dealkylation sites (N-methyl/N-ethyl adjacent to an activating group) is 1. The van der Waals surface area contributed by atoms with E-state index in [2.05, 4.69) is 49.4 Å². The molecular formula is C18H25NOS. The summed E-state index contributed by atoms with van der Waals surface area (Å²) in [6.45, 7) is 5.21. The van der Waals surface area contributed by atoms with E-state index in [0.29, 0.717) is 6.04 Å². The van der Waals surface area contributed by atoms with Gasteiger partial charge in [-0.3, -0.25) is 0 Å². The molecule has 0 amide bonds. The third-order valence-corrected chi connectivity index (χ3v) is 5.03. The molecule has 2 atom stereocenters. The van der Waals surface area contributed by atoms with E-state index in [9.17, 15) is 5.11 Å². The molecule has 2 nitrogen and oxygen atoms in total. The Kier molecular flexibility index (Phi) is 5.97. The fourth-order valence-electron chi connectivity index (χ4n) is 2.54. The number of nitrogens with zero attached hydrogens (tertiary/aromatic N) is 1. The van der Waals surface area contributed by atoms with Crippen molar-refractivity contribution in [2.45, 2.75) is 38.8 Å². The van der Waals surface area contributed by atoms with Crippen molar-refractivity contribution in [2.75, 3.05) is 13.6 Å². The Balaban J connectivity index is 1.83. The van der Waals surface area contributed by atoms with Gasteiger partial charge in [-0.2, -0.15) is 0 Å². The topological polar surface area (TPSA) is 23.5 Å². The molecule has 1 aromatic carbocycles. The fraction of sp³-hybridized carbons (Fsp3) is 0.444. The molecule has 2 unspecified atom stereocenters. The molecule has 0 spiro atoms. The Bertz CT molecular complexity index is 538. The van der Waals surface area contributed by atoms with E-state index in [1.807, 2.05) is 29.5 Å². The summed E-state index contributed by atoms with van der Waals surface area (Å²) in [7, 11) is 2.14. The maximum Gasteiger partial charge on any atom is 0.0804 e. The first kappa shape index (κ1) is 16.2. The second kappa shape index (κ2) is 7.74. The third-order valence-electron chi connectivity index (χ3n) is 4.13. The monoisotopic (exact) mass is 303 g/mol. The van der Waals surface area contributed by atoms with Crippen LogP contribution in [0, 0.1) is 6.92 Å². The molecule has 3 heteroatoms. The number of aliphatic hydroxyl groups excluding tert-OH is 1. The molecule has 1 N–H and O–H groups in total. The van der Waals surface area contributed by atoms with Crippen LogP contribution in [-0.2, 0) is 6.42 Å². The van der Waals surface area contributed by atoms with Crippen LogP contribution in [0.1, 0.15) is 35.5 Å². The van der Waals surface area contributed by atoms with Gasteiger partial charge in [0.05, 0.1) is 6.10 Å². The van der Waals surface area contributed by atoms with Crippen LogP contribution in [0.15, 0.2) is 41.8 Å². The number of benzene rings is 1. The van der Waals surface area contributed by atoms with Gasteiger partial charge < -0.3 is 10.0 Å². The lowest BCUT2D eigenvalue weighted by atomic mass is 10.0. The zero-order valence-corrected chi connectivity index (χ0v) is 13.9. The molecule has 0 saturated heterocycles. The van der Waals surface area contributed by atoms with Crippen molar-refractivity contribution in [3.05, 3.63) is 57.8 Å². The van der Waals surface area contributed by atoms with Crippen LogP contribution in [-0.4, -0.2) is 29.6 Å². The molecule has 21 heavy (non-hydrogen) atoms. The van der Waals surface area contributed by atoms with E-state index < -0.39 is 0 Å². The number of rotatable bonds is 7. The predicted molar refractivity (Wildman–Crippen MR) is 90.9 cm³/mol. The Hall–Kier alpha value is -1.16. The fourth-order valence-corrected chi connectivity index (χ4v) is 3.36. The van der Waals surface area contributed by atoms with Gasteiger partial charge in [0.1, 0.15) is 0 Å². The van der Waals surface area contributed by atoms with Crippen molar-refractivity contribution in [1.29, 1.82) is 0 Å². The Morgan fingerprint density at radius 1 is 1.19 bits per heavy atom. The highest BCUT2D eigenvalue weighted by Gasteiger charge is 2.14. The van der Waals surface area contributed by atoms with Crippen LogP contribution >= 0.6 is 11.3 Å². The van der Waals surface area contributed by atoms with Crippen molar-refractivity contribution in [3.8, 4) is 0 Å². The van der Waals surface area contributed by atoms with E-state index in [1.54, 1.807) is 0 Å². The van der Waals surface area contributed by atoms with Crippen molar-refractivity contribution in [1.82, 2.24) is 4.90 Å². The zero-order chi connectivity index (χ0) is 15.2. The van der Waals surface area contributed by atoms with Gasteiger partial charge in [0.25, 0.3) is 0 Å². The SMILES string of the molecule is Cc1ccccc1C(O)CCN(C)C(C)Cc1cccs1. The summed E-state index contributed by atoms with van der Waals surface area (Å²) in [5.74, 6) is 0. The van der Waals surface area contributed by atoms with Crippen LogP contribution in [0.3, 0.4) is 0 Å². The normalized spacial score (nSPS) is 14.3. The van der Waals surface area contributed by atoms with E-state index in [0.717, 1.165) is 24.9 Å². The summed E-state index contributed by atoms with van der Waals surface area (Å²) in [6.07, 6.45) is 1.48. The van der Waals surface area contributed by atoms with Gasteiger partial charge in [0.15, 0.2) is 0 Å². The smallest absolute Gasteiger partial charge is 0.0804 e. The minimum atomic E-state index is -0.373. The minimum absolute atomic E-state index is 0.373. The Morgan fingerprint density at radius 2 is 1.95 bits per heavy atom. The first-order chi connectivity index (χ1) is 10.1. The van der Waals surface area contributed by atoms with E-state index in [-0.39, 0.29) is 6.10 Å². The quantitative estimate of drug-likeness (QED) is 0.834. The van der Waals surface area contributed by atoms with Crippen LogP contribution in [0.2, 0.25) is 0 Å². The molecule has 114 valence electrons. The number of aryl methyl sites for hydroxylation is 1. The minimum Gasteiger partial charge on any atom is -0.388 e. The summed E-state index contributed by atoms with van der Waals surface area (Å²) < 4.78 is 0. The number of hydrogen-bond acceptors (Lipinski definition) is 3. The van der Waals surface area contributed by atoms with Crippen LogP contribution in [0.25, 0.3) is 0 Å². The van der Waals surface area contributed by atoms with Crippen molar-refractivity contribution in [3.63, 3.8) is 0 Å². The van der Waals surface area contributed by atoms with Gasteiger partial charge in [-0.15, -0.1) is 11.3 Å². The van der Waals surface area contributed by atoms with Gasteiger partial charge in [-0.05, 0) is 56.3 Å². The molecule has 0 bridgehead atoms. The molecule has 0 aliphatic heterocycles. The number of aliphatic hydroxyl groups is 1. The molecule has 2 rings (SSSR count). The molecule has 1 aromatic heterocycles. The second-order valence-electron chi connectivity index (χ2n) is 5.77. The third kappa shape index (κ3) is 4.67. The van der Waals surface area contributed by atoms with E-state index in [4.69, 9.17) is 0 Å². The van der Waals surface area contributed by atoms with E-state index >= 15 is 0 Å². The summed E-state index contributed by atoms with van der Waals surface area (Å²) in [5.41, 5.74) is 2.22. The predicted octanol–water partition coefficient (Wildman–Crippen LogP) is 4.04. The van der Waals surface area contributed by atoms with Gasteiger partial charge >= 0.3 is 0 Å². The molecule has 1 heterocycles. The maximum absolute atomic E-state index is 10.4. The molecule has 2 aromatic rings. The van der Waals surface area contributed by atoms with E-state index in [1.165, 1.54) is 10.4 Å². The lowest BCUT2D eigenvalue weighted by Crippen LogP contribution is -2.32. The highest BCUT2D eigenvalue weighted by molar-refractivity contribution is 7.09. The Morgan fingerprint density at radius 3 is 2.62 bits per heavy atom. The number of thiophene rings is 1. The standard InChI is InChI=1S/C18H25NOS/c1-14-7-4-5-9-17(14)18(20)10-11-19(3)15(2)13-16-8-6-12-21-16/h4-9,12,15,18,20H,10-11,13H2,1-3H3. The average Bonchev–Trinajstić information content (AvgIpc) is 2.97. The zero-order valence-electron chi connectivity index (χ0n) is 13.1. The van der Waals surface area contributed by atoms with Gasteiger partial charge in [0, 0.05) is 17.5 Å². The summed E-state index contributed by atoms with van der Waals surface area (Å²) in [4.78, 5) is 3.76. The van der Waals surface area contributed by atoms with Crippen LogP contribution < -0.4 is 0 Å². The van der Waals surface area contributed by atoms with Crippen molar-refractivity contribution in [2.24, 2.45) is 0 Å². The highest BCUT2D eigenvalue weighted by Crippen LogP contribution is 2.21. The molecule has 0 fully saturated rings. The summed E-state index contributed by atoms with van der Waals surface area (Å²) >= 11 is 1.82. The lowest BCUT2D eigenvalue weighted by Gasteiger charge is -2.25. The van der Waals surface area contributed by atoms with Crippen molar-refractivity contribution >= 4 is 11.3 Å². The Labute approximate surface area is 132 Å². The first-order valence-corrected chi connectivity index (χ1v) is 8.42. The largest absolute Gasteiger partial charge is 0.388 e. The lowest BCUT2D eigenvalue weighted by molar-refractivity contribution is 0.138. The van der Waals surface area contributed by atoms with Gasteiger partial charge in [0.2, 0.25) is 0 Å². The molecule has 0 saturated carbocycles.